The van der Waals surface area contributed by atoms with Gasteiger partial charge in [-0.3, -0.25) is 24.3 Å². The topological polar surface area (TPSA) is 118 Å². The number of carboxylic acid groups (broad SMARTS) is 1. The van der Waals surface area contributed by atoms with Crippen molar-refractivity contribution in [3.05, 3.63) is 113 Å². The molecule has 7 rings (SSSR count). The van der Waals surface area contributed by atoms with Gasteiger partial charge in [-0.05, 0) is 124 Å². The Morgan fingerprint density at radius 3 is 2.53 bits per heavy atom. The number of nitrogens with zero attached hydrogens (tertiary/aromatic N) is 4. The van der Waals surface area contributed by atoms with Gasteiger partial charge in [0.05, 0.1) is 17.4 Å². The van der Waals surface area contributed by atoms with Gasteiger partial charge in [-0.1, -0.05) is 36.4 Å². The highest BCUT2D eigenvalue weighted by Crippen LogP contribution is 2.34. The molecule has 0 bridgehead atoms. The highest BCUT2D eigenvalue weighted by atomic mass is 16.4. The second-order valence-electron chi connectivity index (χ2n) is 14.7. The number of carbonyl (C=O) groups is 3. The Balaban J connectivity index is 1.08. The lowest BCUT2D eigenvalue weighted by Gasteiger charge is -2.29. The Morgan fingerprint density at radius 1 is 0.849 bits per heavy atom. The maximum absolute atomic E-state index is 13.8. The number of nitrogens with one attached hydrogen (secondary N) is 2. The van der Waals surface area contributed by atoms with Crippen LogP contribution in [-0.2, 0) is 17.8 Å². The maximum atomic E-state index is 13.8. The van der Waals surface area contributed by atoms with Crippen LogP contribution in [0.25, 0.3) is 11.3 Å². The first kappa shape index (κ1) is 36.3. The van der Waals surface area contributed by atoms with E-state index in [2.05, 4.69) is 50.8 Å². The molecule has 0 saturated carbocycles. The number of carboxylic acids is 1. The molecule has 1 aromatic heterocycles. The second-order valence-corrected chi connectivity index (χ2v) is 14.7. The average molecular weight is 715 g/mol. The maximum Gasteiger partial charge on any atom is 0.320 e. The molecular formula is C43H50N6O4. The van der Waals surface area contributed by atoms with Crippen LogP contribution in [0.1, 0.15) is 88.4 Å². The molecule has 53 heavy (non-hydrogen) atoms. The monoisotopic (exact) mass is 714 g/mol. The van der Waals surface area contributed by atoms with Crippen LogP contribution in [0.15, 0.2) is 85.1 Å². The zero-order valence-electron chi connectivity index (χ0n) is 30.6. The van der Waals surface area contributed by atoms with Crippen LogP contribution >= 0.6 is 0 Å². The molecule has 0 radical (unpaired) electrons. The van der Waals surface area contributed by atoms with E-state index in [1.165, 1.54) is 17.5 Å². The number of aliphatic carboxylic acids is 1. The van der Waals surface area contributed by atoms with Crippen LogP contribution in [0.5, 0.6) is 0 Å². The molecule has 3 aliphatic rings. The highest BCUT2D eigenvalue weighted by molar-refractivity contribution is 6.06. The predicted octanol–water partition coefficient (Wildman–Crippen LogP) is 6.78. The Morgan fingerprint density at radius 2 is 1.68 bits per heavy atom. The fourth-order valence-corrected chi connectivity index (χ4v) is 8.14. The van der Waals surface area contributed by atoms with Crippen molar-refractivity contribution in [2.24, 2.45) is 0 Å². The van der Waals surface area contributed by atoms with E-state index in [4.69, 9.17) is 4.98 Å². The van der Waals surface area contributed by atoms with E-state index in [9.17, 15) is 19.5 Å². The summed E-state index contributed by atoms with van der Waals surface area (Å²) in [6.07, 6.45) is 9.74. The highest BCUT2D eigenvalue weighted by Gasteiger charge is 2.30. The van der Waals surface area contributed by atoms with Crippen LogP contribution in [0.3, 0.4) is 0 Å². The number of aromatic nitrogens is 1. The van der Waals surface area contributed by atoms with Crippen molar-refractivity contribution in [2.75, 3.05) is 50.0 Å². The van der Waals surface area contributed by atoms with Gasteiger partial charge < -0.3 is 25.5 Å². The minimum atomic E-state index is -0.747. The van der Waals surface area contributed by atoms with Gasteiger partial charge in [-0.15, -0.1) is 0 Å². The number of carbonyl (C=O) groups excluding carboxylic acids is 2. The molecule has 10 nitrogen and oxygen atoms in total. The molecular weight excluding hydrogens is 665 g/mol. The minimum absolute atomic E-state index is 0.0359. The lowest BCUT2D eigenvalue weighted by molar-refractivity contribution is -0.142. The van der Waals surface area contributed by atoms with Gasteiger partial charge in [0.2, 0.25) is 0 Å². The lowest BCUT2D eigenvalue weighted by atomic mass is 9.87. The number of amides is 2. The molecule has 1 aliphatic carbocycles. The number of pyridine rings is 1. The van der Waals surface area contributed by atoms with Crippen molar-refractivity contribution in [1.82, 2.24) is 20.1 Å². The molecule has 2 aliphatic heterocycles. The largest absolute Gasteiger partial charge is 0.480 e. The molecule has 3 N–H and O–H groups in total. The van der Waals surface area contributed by atoms with E-state index in [0.717, 1.165) is 81.5 Å². The number of hydrogen-bond acceptors (Lipinski definition) is 7. The third-order valence-electron chi connectivity index (χ3n) is 11.0. The first-order valence-corrected chi connectivity index (χ1v) is 19.1. The van der Waals surface area contributed by atoms with Crippen LogP contribution < -0.4 is 15.5 Å². The van der Waals surface area contributed by atoms with Gasteiger partial charge in [0.1, 0.15) is 6.04 Å². The average Bonchev–Trinajstić information content (AvgIpc) is 3.67. The molecule has 276 valence electrons. The van der Waals surface area contributed by atoms with E-state index in [1.54, 1.807) is 12.3 Å². The summed E-state index contributed by atoms with van der Waals surface area (Å²) in [6, 6.07) is 25.2. The van der Waals surface area contributed by atoms with Gasteiger partial charge in [0.15, 0.2) is 0 Å². The quantitative estimate of drug-likeness (QED) is 0.147. The lowest BCUT2D eigenvalue weighted by Crippen LogP contribution is -2.40. The summed E-state index contributed by atoms with van der Waals surface area (Å²) in [5.74, 6) is -1.12. The molecule has 2 amide bonds. The van der Waals surface area contributed by atoms with Crippen molar-refractivity contribution in [3.8, 4) is 11.3 Å². The van der Waals surface area contributed by atoms with Gasteiger partial charge >= 0.3 is 5.97 Å². The van der Waals surface area contributed by atoms with Crippen LogP contribution in [0, 0.1) is 0 Å². The number of rotatable bonds is 12. The molecule has 2 atom stereocenters. The SMILES string of the molecule is CN(CCN1CCC[C@H]1C(=O)O)Cc1cccc(C(=O)Nc2ccc(N3CCCCC3)cc2-c2cc(C(=O)N[C@H]3CCCc4ccccc43)ccn2)c1. The normalized spacial score (nSPS) is 18.8. The molecule has 2 saturated heterocycles. The zero-order chi connectivity index (χ0) is 36.7. The summed E-state index contributed by atoms with van der Waals surface area (Å²) in [5.41, 5.74) is 7.63. The number of benzene rings is 3. The Hall–Kier alpha value is -5.06. The number of hydrogen-bond donors (Lipinski definition) is 3. The number of anilines is 2. The summed E-state index contributed by atoms with van der Waals surface area (Å²) in [6.45, 7) is 4.81. The van der Waals surface area contributed by atoms with E-state index in [0.29, 0.717) is 42.0 Å². The van der Waals surface area contributed by atoms with Crippen LogP contribution in [0.4, 0.5) is 11.4 Å². The van der Waals surface area contributed by atoms with E-state index in [-0.39, 0.29) is 17.9 Å². The smallest absolute Gasteiger partial charge is 0.320 e. The first-order chi connectivity index (χ1) is 25.8. The van der Waals surface area contributed by atoms with Crippen molar-refractivity contribution >= 4 is 29.2 Å². The summed E-state index contributed by atoms with van der Waals surface area (Å²) >= 11 is 0. The first-order valence-electron chi connectivity index (χ1n) is 19.1. The molecule has 0 unspecified atom stereocenters. The fourth-order valence-electron chi connectivity index (χ4n) is 8.14. The number of likely N-dealkylation sites (N-methyl/N-ethyl adjacent to an activating group) is 1. The number of aryl methyl sites for hydroxylation is 1. The summed E-state index contributed by atoms with van der Waals surface area (Å²) < 4.78 is 0. The Labute approximate surface area is 312 Å². The summed E-state index contributed by atoms with van der Waals surface area (Å²) in [4.78, 5) is 50.4. The molecule has 2 fully saturated rings. The molecule has 3 heterocycles. The van der Waals surface area contributed by atoms with Gasteiger partial charge in [-0.25, -0.2) is 0 Å². The standard InChI is InChI=1S/C43H50N6O4/c1-47(24-25-49-23-9-16-40(49)43(52)53)29-30-10-7-13-32(26-30)41(50)46-38-18-17-34(48-21-5-2-6-22-48)28-36(38)39-27-33(19-20-44-39)42(51)45-37-15-8-12-31-11-3-4-14-35(31)37/h3-4,7,10-11,13-14,17-20,26-28,37,40H,2,5-6,8-9,12,15-16,21-25,29H2,1H3,(H,45,51)(H,46,50)(H,52,53)/t37-,40-/m0/s1. The third-order valence-corrected chi connectivity index (χ3v) is 11.0. The Bertz CT molecular complexity index is 1940. The summed E-state index contributed by atoms with van der Waals surface area (Å²) in [5, 5.41) is 16.0. The predicted molar refractivity (Wildman–Crippen MR) is 208 cm³/mol. The number of fused-ring (bicyclic) bond motifs is 1. The van der Waals surface area contributed by atoms with Crippen LogP contribution in [0.2, 0.25) is 0 Å². The van der Waals surface area contributed by atoms with E-state index >= 15 is 0 Å². The van der Waals surface area contributed by atoms with Gasteiger partial charge in [0.25, 0.3) is 11.8 Å². The Kier molecular flexibility index (Phi) is 11.5. The number of piperidine rings is 1. The van der Waals surface area contributed by atoms with Crippen LogP contribution in [-0.4, -0.2) is 83.5 Å². The van der Waals surface area contributed by atoms with Crippen molar-refractivity contribution in [1.29, 1.82) is 0 Å². The number of likely N-dealkylation sites (tertiary alicyclic amines) is 1. The van der Waals surface area contributed by atoms with Crippen molar-refractivity contribution in [2.45, 2.75) is 70.0 Å². The fraction of sp³-hybridized carbons (Fsp3) is 0.395. The van der Waals surface area contributed by atoms with Crippen molar-refractivity contribution < 1.29 is 19.5 Å². The minimum Gasteiger partial charge on any atom is -0.480 e. The van der Waals surface area contributed by atoms with Crippen molar-refractivity contribution in [3.63, 3.8) is 0 Å². The summed E-state index contributed by atoms with van der Waals surface area (Å²) in [7, 11) is 2.02. The second kappa shape index (κ2) is 16.7. The van der Waals surface area contributed by atoms with E-state index in [1.807, 2.05) is 54.4 Å². The molecule has 4 aromatic rings. The van der Waals surface area contributed by atoms with Gasteiger partial charge in [-0.2, -0.15) is 0 Å². The third kappa shape index (κ3) is 8.77. The van der Waals surface area contributed by atoms with E-state index < -0.39 is 12.0 Å². The molecule has 0 spiro atoms. The van der Waals surface area contributed by atoms with Gasteiger partial charge in [0, 0.05) is 61.3 Å². The molecule has 3 aromatic carbocycles. The molecule has 10 heteroatoms. The zero-order valence-corrected chi connectivity index (χ0v) is 30.6.